The second kappa shape index (κ2) is 3.98. The summed E-state index contributed by atoms with van der Waals surface area (Å²) < 4.78 is 22.4. The molecule has 0 radical (unpaired) electrons. The van der Waals surface area contributed by atoms with Crippen LogP contribution in [0.2, 0.25) is 0 Å². The molecule has 0 N–H and O–H groups in total. The molecule has 1 aromatic carbocycles. The maximum Gasteiger partial charge on any atom is 0.236 e. The van der Waals surface area contributed by atoms with Gasteiger partial charge >= 0.3 is 0 Å². The van der Waals surface area contributed by atoms with E-state index in [4.69, 9.17) is 10.7 Å². The SMILES string of the molecule is Cc1cccc(CS(=O)(=O)Cl)c1Br. The Morgan fingerprint density at radius 2 is 2.08 bits per heavy atom. The standard InChI is InChI=1S/C8H8BrClO2S/c1-6-3-2-4-7(8(6)9)5-13(10,11)12/h2-4H,5H2,1H3. The average molecular weight is 284 g/mol. The van der Waals surface area contributed by atoms with Crippen molar-refractivity contribution in [3.63, 3.8) is 0 Å². The summed E-state index contributed by atoms with van der Waals surface area (Å²) in [6.07, 6.45) is 0. The normalized spacial score (nSPS) is 11.6. The van der Waals surface area contributed by atoms with Crippen molar-refractivity contribution in [1.29, 1.82) is 0 Å². The Labute approximate surface area is 90.5 Å². The van der Waals surface area contributed by atoms with Gasteiger partial charge in [0.05, 0.1) is 5.75 Å². The Morgan fingerprint density at radius 1 is 1.46 bits per heavy atom. The van der Waals surface area contributed by atoms with E-state index < -0.39 is 9.05 Å². The smallest absolute Gasteiger partial charge is 0.212 e. The molecule has 0 spiro atoms. The number of rotatable bonds is 2. The summed E-state index contributed by atoms with van der Waals surface area (Å²) in [6, 6.07) is 5.43. The molecule has 0 aliphatic heterocycles. The summed E-state index contributed by atoms with van der Waals surface area (Å²) in [5.41, 5.74) is 1.69. The fourth-order valence-electron chi connectivity index (χ4n) is 1.01. The second-order valence-corrected chi connectivity index (χ2v) is 6.30. The van der Waals surface area contributed by atoms with Gasteiger partial charge in [0.1, 0.15) is 0 Å². The molecular weight excluding hydrogens is 276 g/mol. The number of benzene rings is 1. The molecule has 0 fully saturated rings. The highest BCUT2D eigenvalue weighted by atomic mass is 79.9. The van der Waals surface area contributed by atoms with Crippen LogP contribution >= 0.6 is 26.6 Å². The molecule has 0 aromatic heterocycles. The topological polar surface area (TPSA) is 34.1 Å². The largest absolute Gasteiger partial charge is 0.236 e. The zero-order chi connectivity index (χ0) is 10.1. The van der Waals surface area contributed by atoms with Crippen molar-refractivity contribution < 1.29 is 8.42 Å². The van der Waals surface area contributed by atoms with E-state index in [-0.39, 0.29) is 5.75 Å². The highest BCUT2D eigenvalue weighted by Gasteiger charge is 2.10. The molecule has 72 valence electrons. The summed E-state index contributed by atoms with van der Waals surface area (Å²) in [5, 5.41) is 0. The fourth-order valence-corrected chi connectivity index (χ4v) is 2.56. The highest BCUT2D eigenvalue weighted by molar-refractivity contribution is 9.10. The molecule has 0 saturated carbocycles. The van der Waals surface area contributed by atoms with Crippen LogP contribution in [-0.2, 0) is 14.8 Å². The van der Waals surface area contributed by atoms with E-state index in [9.17, 15) is 8.42 Å². The van der Waals surface area contributed by atoms with Crippen LogP contribution in [0.25, 0.3) is 0 Å². The van der Waals surface area contributed by atoms with Crippen molar-refractivity contribution in [3.8, 4) is 0 Å². The molecule has 0 atom stereocenters. The molecule has 0 unspecified atom stereocenters. The van der Waals surface area contributed by atoms with Crippen LogP contribution in [0.15, 0.2) is 22.7 Å². The minimum absolute atomic E-state index is 0.142. The van der Waals surface area contributed by atoms with Crippen molar-refractivity contribution in [1.82, 2.24) is 0 Å². The van der Waals surface area contributed by atoms with Gasteiger partial charge in [0.2, 0.25) is 9.05 Å². The molecule has 0 heterocycles. The van der Waals surface area contributed by atoms with E-state index in [1.54, 1.807) is 12.1 Å². The molecule has 0 aliphatic rings. The van der Waals surface area contributed by atoms with Gasteiger partial charge in [0, 0.05) is 15.2 Å². The Hall–Kier alpha value is -0.0600. The lowest BCUT2D eigenvalue weighted by molar-refractivity contribution is 0.609. The molecule has 2 nitrogen and oxygen atoms in total. The maximum absolute atomic E-state index is 10.8. The summed E-state index contributed by atoms with van der Waals surface area (Å²) in [7, 11) is 1.67. The predicted octanol–water partition coefficient (Wildman–Crippen LogP) is 2.83. The summed E-state index contributed by atoms with van der Waals surface area (Å²) in [4.78, 5) is 0. The van der Waals surface area contributed by atoms with Crippen molar-refractivity contribution in [2.45, 2.75) is 12.7 Å². The first-order chi connectivity index (χ1) is 5.90. The molecule has 0 aliphatic carbocycles. The molecule has 1 rings (SSSR count). The maximum atomic E-state index is 10.8. The molecule has 5 heteroatoms. The average Bonchev–Trinajstić information content (AvgIpc) is 1.96. The number of aryl methyl sites for hydroxylation is 1. The summed E-state index contributed by atoms with van der Waals surface area (Å²) >= 11 is 3.31. The van der Waals surface area contributed by atoms with Crippen molar-refractivity contribution >= 4 is 35.7 Å². The van der Waals surface area contributed by atoms with Gasteiger partial charge < -0.3 is 0 Å². The Kier molecular flexibility index (Phi) is 3.38. The van der Waals surface area contributed by atoms with Gasteiger partial charge in [-0.15, -0.1) is 0 Å². The molecule has 0 saturated heterocycles. The summed E-state index contributed by atoms with van der Waals surface area (Å²) in [6.45, 7) is 1.90. The van der Waals surface area contributed by atoms with Gasteiger partial charge in [-0.05, 0) is 18.1 Å². The van der Waals surface area contributed by atoms with Crippen molar-refractivity contribution in [2.24, 2.45) is 0 Å². The first kappa shape index (κ1) is 11.0. The number of hydrogen-bond acceptors (Lipinski definition) is 2. The summed E-state index contributed by atoms with van der Waals surface area (Å²) in [5.74, 6) is -0.142. The van der Waals surface area contributed by atoms with Crippen LogP contribution in [0.3, 0.4) is 0 Å². The lowest BCUT2D eigenvalue weighted by Gasteiger charge is -2.04. The number of halogens is 2. The van der Waals surface area contributed by atoms with E-state index in [0.29, 0.717) is 5.56 Å². The minimum atomic E-state index is -3.47. The van der Waals surface area contributed by atoms with E-state index in [2.05, 4.69) is 15.9 Å². The van der Waals surface area contributed by atoms with Gasteiger partial charge in [-0.2, -0.15) is 0 Å². The zero-order valence-electron chi connectivity index (χ0n) is 6.92. The van der Waals surface area contributed by atoms with Crippen molar-refractivity contribution in [2.75, 3.05) is 0 Å². The zero-order valence-corrected chi connectivity index (χ0v) is 10.1. The predicted molar refractivity (Wildman–Crippen MR) is 57.4 cm³/mol. The van der Waals surface area contributed by atoms with E-state index in [0.717, 1.165) is 10.0 Å². The molecular formula is C8H8BrClO2S. The Bertz CT molecular complexity index is 414. The highest BCUT2D eigenvalue weighted by Crippen LogP contribution is 2.23. The van der Waals surface area contributed by atoms with Gasteiger partial charge in [-0.3, -0.25) is 0 Å². The lowest BCUT2D eigenvalue weighted by Crippen LogP contribution is -1.96. The minimum Gasteiger partial charge on any atom is -0.212 e. The number of hydrogen-bond donors (Lipinski definition) is 0. The fraction of sp³-hybridized carbons (Fsp3) is 0.250. The van der Waals surface area contributed by atoms with Crippen molar-refractivity contribution in [3.05, 3.63) is 33.8 Å². The molecule has 0 bridgehead atoms. The molecule has 1 aromatic rings. The third-order valence-electron chi connectivity index (χ3n) is 1.60. The third kappa shape index (κ3) is 3.29. The second-order valence-electron chi connectivity index (χ2n) is 2.73. The Balaban J connectivity index is 3.10. The van der Waals surface area contributed by atoms with Crippen LogP contribution in [0.5, 0.6) is 0 Å². The molecule has 0 amide bonds. The van der Waals surface area contributed by atoms with Gasteiger partial charge in [-0.25, -0.2) is 8.42 Å². The van der Waals surface area contributed by atoms with Crippen LogP contribution in [-0.4, -0.2) is 8.42 Å². The monoisotopic (exact) mass is 282 g/mol. The first-order valence-electron chi connectivity index (χ1n) is 3.56. The van der Waals surface area contributed by atoms with E-state index in [1.807, 2.05) is 13.0 Å². The van der Waals surface area contributed by atoms with Crippen LogP contribution in [0, 0.1) is 6.92 Å². The lowest BCUT2D eigenvalue weighted by atomic mass is 10.2. The third-order valence-corrected chi connectivity index (χ3v) is 3.72. The van der Waals surface area contributed by atoms with Gasteiger partial charge in [-0.1, -0.05) is 34.1 Å². The van der Waals surface area contributed by atoms with E-state index >= 15 is 0 Å². The van der Waals surface area contributed by atoms with Gasteiger partial charge in [0.25, 0.3) is 0 Å². The first-order valence-corrected chi connectivity index (χ1v) is 6.83. The Morgan fingerprint density at radius 3 is 2.62 bits per heavy atom. The molecule has 13 heavy (non-hydrogen) atoms. The van der Waals surface area contributed by atoms with Crippen LogP contribution in [0.4, 0.5) is 0 Å². The van der Waals surface area contributed by atoms with Crippen LogP contribution < -0.4 is 0 Å². The van der Waals surface area contributed by atoms with Crippen LogP contribution in [0.1, 0.15) is 11.1 Å². The van der Waals surface area contributed by atoms with E-state index in [1.165, 1.54) is 0 Å². The van der Waals surface area contributed by atoms with Gasteiger partial charge in [0.15, 0.2) is 0 Å². The quantitative estimate of drug-likeness (QED) is 0.782.